The zero-order valence-electron chi connectivity index (χ0n) is 9.08. The van der Waals surface area contributed by atoms with Gasteiger partial charge in [-0.2, -0.15) is 0 Å². The smallest absolute Gasteiger partial charge is 0.0911 e. The SMILES string of the molecule is CC(O)CN(C)CC1(CC(=N)N)CC1. The van der Waals surface area contributed by atoms with E-state index >= 15 is 0 Å². The highest BCUT2D eigenvalue weighted by molar-refractivity contribution is 5.78. The van der Waals surface area contributed by atoms with Crippen LogP contribution in [0, 0.1) is 10.8 Å². The molecule has 0 bridgehead atoms. The molecule has 0 aromatic rings. The van der Waals surface area contributed by atoms with E-state index in [1.807, 2.05) is 7.05 Å². The van der Waals surface area contributed by atoms with Gasteiger partial charge in [-0.3, -0.25) is 5.41 Å². The van der Waals surface area contributed by atoms with Crippen molar-refractivity contribution < 1.29 is 5.11 Å². The summed E-state index contributed by atoms with van der Waals surface area (Å²) in [5.41, 5.74) is 5.66. The Labute approximate surface area is 85.6 Å². The summed E-state index contributed by atoms with van der Waals surface area (Å²) >= 11 is 0. The highest BCUT2D eigenvalue weighted by Crippen LogP contribution is 2.49. The van der Waals surface area contributed by atoms with E-state index in [0.717, 1.165) is 19.4 Å². The van der Waals surface area contributed by atoms with Gasteiger partial charge in [-0.25, -0.2) is 0 Å². The van der Waals surface area contributed by atoms with Crippen LogP contribution in [0.15, 0.2) is 0 Å². The number of aliphatic hydroxyl groups is 1. The van der Waals surface area contributed by atoms with E-state index < -0.39 is 0 Å². The molecule has 4 heteroatoms. The summed E-state index contributed by atoms with van der Waals surface area (Å²) < 4.78 is 0. The standard InChI is InChI=1S/C10H21N3O/c1-8(14)6-13(2)7-10(3-4-10)5-9(11)12/h8,14H,3-7H2,1-2H3,(H3,11,12). The number of hydrogen-bond donors (Lipinski definition) is 3. The summed E-state index contributed by atoms with van der Waals surface area (Å²) in [5, 5.41) is 16.5. The average molecular weight is 199 g/mol. The number of nitrogens with zero attached hydrogens (tertiary/aromatic N) is 1. The van der Waals surface area contributed by atoms with Gasteiger partial charge in [0.1, 0.15) is 0 Å². The van der Waals surface area contributed by atoms with Crippen molar-refractivity contribution in [2.24, 2.45) is 11.1 Å². The van der Waals surface area contributed by atoms with Crippen molar-refractivity contribution >= 4 is 5.84 Å². The molecule has 0 aliphatic heterocycles. The van der Waals surface area contributed by atoms with Crippen LogP contribution in [0.4, 0.5) is 0 Å². The molecule has 0 saturated heterocycles. The third-order valence-corrected chi connectivity index (χ3v) is 2.70. The van der Waals surface area contributed by atoms with Crippen molar-refractivity contribution in [1.29, 1.82) is 5.41 Å². The fourth-order valence-electron chi connectivity index (χ4n) is 2.06. The summed E-state index contributed by atoms with van der Waals surface area (Å²) in [5.74, 6) is 0.285. The van der Waals surface area contributed by atoms with Gasteiger partial charge in [0.05, 0.1) is 11.9 Å². The van der Waals surface area contributed by atoms with Gasteiger partial charge in [0.25, 0.3) is 0 Å². The van der Waals surface area contributed by atoms with Gasteiger partial charge < -0.3 is 15.7 Å². The van der Waals surface area contributed by atoms with E-state index in [0.29, 0.717) is 13.0 Å². The van der Waals surface area contributed by atoms with Crippen LogP contribution >= 0.6 is 0 Å². The largest absolute Gasteiger partial charge is 0.392 e. The fourth-order valence-corrected chi connectivity index (χ4v) is 2.06. The minimum absolute atomic E-state index is 0.246. The molecule has 0 amide bonds. The van der Waals surface area contributed by atoms with Crippen molar-refractivity contribution in [2.45, 2.75) is 32.3 Å². The van der Waals surface area contributed by atoms with Gasteiger partial charge in [-0.1, -0.05) is 0 Å². The number of hydrogen-bond acceptors (Lipinski definition) is 3. The molecule has 0 aromatic heterocycles. The van der Waals surface area contributed by atoms with Gasteiger partial charge in [-0.15, -0.1) is 0 Å². The number of amidine groups is 1. The van der Waals surface area contributed by atoms with Gasteiger partial charge in [0.15, 0.2) is 0 Å². The first kappa shape index (κ1) is 11.5. The van der Waals surface area contributed by atoms with Crippen molar-refractivity contribution in [3.63, 3.8) is 0 Å². The lowest BCUT2D eigenvalue weighted by molar-refractivity contribution is 0.129. The number of nitrogens with one attached hydrogen (secondary N) is 1. The number of nitrogens with two attached hydrogens (primary N) is 1. The van der Waals surface area contributed by atoms with Crippen molar-refractivity contribution in [3.05, 3.63) is 0 Å². The molecule has 14 heavy (non-hydrogen) atoms. The van der Waals surface area contributed by atoms with E-state index in [-0.39, 0.29) is 17.4 Å². The average Bonchev–Trinajstić information content (AvgIpc) is 2.63. The predicted octanol–water partition coefficient (Wildman–Crippen LogP) is 0.405. The molecule has 1 atom stereocenters. The molecule has 1 unspecified atom stereocenters. The normalized spacial score (nSPS) is 20.9. The molecule has 4 nitrogen and oxygen atoms in total. The van der Waals surface area contributed by atoms with E-state index in [4.69, 9.17) is 11.1 Å². The summed E-state index contributed by atoms with van der Waals surface area (Å²) in [6, 6.07) is 0. The minimum Gasteiger partial charge on any atom is -0.392 e. The maximum Gasteiger partial charge on any atom is 0.0911 e. The van der Waals surface area contributed by atoms with Crippen LogP contribution in [0.1, 0.15) is 26.2 Å². The van der Waals surface area contributed by atoms with Gasteiger partial charge in [0, 0.05) is 19.5 Å². The number of rotatable bonds is 6. The Hall–Kier alpha value is -0.610. The Balaban J connectivity index is 2.32. The molecule has 1 saturated carbocycles. The summed E-state index contributed by atoms with van der Waals surface area (Å²) in [7, 11) is 2.01. The lowest BCUT2D eigenvalue weighted by atomic mass is 10.0. The first-order chi connectivity index (χ1) is 6.43. The Morgan fingerprint density at radius 3 is 2.57 bits per heavy atom. The minimum atomic E-state index is -0.284. The van der Waals surface area contributed by atoms with Gasteiger partial charge in [0.2, 0.25) is 0 Å². The van der Waals surface area contributed by atoms with Crippen molar-refractivity contribution in [1.82, 2.24) is 4.90 Å². The molecular formula is C10H21N3O. The Kier molecular flexibility index (Phi) is 3.50. The third kappa shape index (κ3) is 3.64. The van der Waals surface area contributed by atoms with Crippen LogP contribution in [0.5, 0.6) is 0 Å². The second kappa shape index (κ2) is 4.28. The zero-order valence-corrected chi connectivity index (χ0v) is 9.08. The Morgan fingerprint density at radius 2 is 2.21 bits per heavy atom. The summed E-state index contributed by atoms with van der Waals surface area (Å²) in [4.78, 5) is 2.13. The molecule has 1 fully saturated rings. The molecule has 1 aliphatic carbocycles. The molecule has 1 aliphatic rings. The van der Waals surface area contributed by atoms with Crippen molar-refractivity contribution in [3.8, 4) is 0 Å². The van der Waals surface area contributed by atoms with Gasteiger partial charge in [-0.05, 0) is 32.2 Å². The van der Waals surface area contributed by atoms with E-state index in [2.05, 4.69) is 4.90 Å². The highest BCUT2D eigenvalue weighted by atomic mass is 16.3. The zero-order chi connectivity index (χ0) is 10.8. The van der Waals surface area contributed by atoms with Gasteiger partial charge >= 0.3 is 0 Å². The van der Waals surface area contributed by atoms with Crippen LogP contribution in [0.3, 0.4) is 0 Å². The predicted molar refractivity (Wildman–Crippen MR) is 57.4 cm³/mol. The van der Waals surface area contributed by atoms with Crippen LogP contribution in [0.25, 0.3) is 0 Å². The monoisotopic (exact) mass is 199 g/mol. The molecule has 0 heterocycles. The number of aliphatic hydroxyl groups excluding tert-OH is 1. The summed E-state index contributed by atoms with van der Waals surface area (Å²) in [6.07, 6.45) is 2.75. The molecule has 1 rings (SSSR count). The van der Waals surface area contributed by atoms with E-state index in [1.54, 1.807) is 6.92 Å². The first-order valence-electron chi connectivity index (χ1n) is 5.13. The maximum absolute atomic E-state index is 9.21. The quantitative estimate of drug-likeness (QED) is 0.428. The second-order valence-electron chi connectivity index (χ2n) is 4.75. The maximum atomic E-state index is 9.21. The van der Waals surface area contributed by atoms with Crippen LogP contribution in [0.2, 0.25) is 0 Å². The third-order valence-electron chi connectivity index (χ3n) is 2.70. The lowest BCUT2D eigenvalue weighted by Gasteiger charge is -2.24. The Morgan fingerprint density at radius 1 is 1.64 bits per heavy atom. The lowest BCUT2D eigenvalue weighted by Crippen LogP contribution is -2.34. The summed E-state index contributed by atoms with van der Waals surface area (Å²) in [6.45, 7) is 3.43. The Bertz CT molecular complexity index is 211. The molecule has 82 valence electrons. The van der Waals surface area contributed by atoms with Crippen LogP contribution in [-0.4, -0.2) is 42.1 Å². The van der Waals surface area contributed by atoms with E-state index in [1.165, 1.54) is 0 Å². The second-order valence-corrected chi connectivity index (χ2v) is 4.75. The van der Waals surface area contributed by atoms with Crippen LogP contribution < -0.4 is 5.73 Å². The van der Waals surface area contributed by atoms with Crippen LogP contribution in [-0.2, 0) is 0 Å². The molecule has 0 aromatic carbocycles. The topological polar surface area (TPSA) is 73.3 Å². The van der Waals surface area contributed by atoms with Crippen molar-refractivity contribution in [2.75, 3.05) is 20.1 Å². The molecule has 0 radical (unpaired) electrons. The highest BCUT2D eigenvalue weighted by Gasteiger charge is 2.43. The molecular weight excluding hydrogens is 178 g/mol. The number of likely N-dealkylation sites (N-methyl/N-ethyl adjacent to an activating group) is 1. The molecule has 0 spiro atoms. The van der Waals surface area contributed by atoms with E-state index in [9.17, 15) is 5.11 Å². The molecule has 4 N–H and O–H groups in total. The fraction of sp³-hybridized carbons (Fsp3) is 0.900. The first-order valence-corrected chi connectivity index (χ1v) is 5.13.